The molecule has 0 amide bonds. The Morgan fingerprint density at radius 2 is 2.09 bits per heavy atom. The molecule has 0 atom stereocenters. The Morgan fingerprint density at radius 3 is 2.70 bits per heavy atom. The molecule has 1 aromatic heterocycles. The SMILES string of the molecule is Cc1ccc(C(C)C)c(OCc2nc(C3(N)CCC3)no2)c1.Cl. The lowest BCUT2D eigenvalue weighted by Crippen LogP contribution is -2.44. The van der Waals surface area contributed by atoms with Crippen molar-refractivity contribution in [3.8, 4) is 5.75 Å². The van der Waals surface area contributed by atoms with Gasteiger partial charge in [0.05, 0.1) is 5.54 Å². The van der Waals surface area contributed by atoms with Gasteiger partial charge in [-0.25, -0.2) is 0 Å². The summed E-state index contributed by atoms with van der Waals surface area (Å²) in [4.78, 5) is 4.39. The van der Waals surface area contributed by atoms with E-state index in [0.717, 1.165) is 25.0 Å². The highest BCUT2D eigenvalue weighted by Crippen LogP contribution is 2.37. The van der Waals surface area contributed by atoms with Crippen LogP contribution in [0.25, 0.3) is 0 Å². The van der Waals surface area contributed by atoms with Crippen LogP contribution in [0.15, 0.2) is 22.7 Å². The van der Waals surface area contributed by atoms with Crippen LogP contribution in [0, 0.1) is 6.92 Å². The minimum atomic E-state index is -0.395. The van der Waals surface area contributed by atoms with Crippen molar-refractivity contribution in [3.63, 3.8) is 0 Å². The predicted octanol–water partition coefficient (Wildman–Crippen LogP) is 3.84. The van der Waals surface area contributed by atoms with Crippen molar-refractivity contribution in [3.05, 3.63) is 41.0 Å². The van der Waals surface area contributed by atoms with Gasteiger partial charge in [-0.3, -0.25) is 0 Å². The molecule has 1 heterocycles. The Kier molecular flexibility index (Phi) is 5.32. The Bertz CT molecular complexity index is 666. The van der Waals surface area contributed by atoms with E-state index in [1.165, 1.54) is 11.1 Å². The van der Waals surface area contributed by atoms with Crippen molar-refractivity contribution < 1.29 is 9.26 Å². The fourth-order valence-electron chi connectivity index (χ4n) is 2.68. The van der Waals surface area contributed by atoms with Crippen LogP contribution in [0.1, 0.15) is 61.9 Å². The maximum Gasteiger partial charge on any atom is 0.264 e. The normalized spacial score (nSPS) is 15.9. The number of nitrogens with zero attached hydrogens (tertiary/aromatic N) is 2. The van der Waals surface area contributed by atoms with Crippen LogP contribution in [-0.2, 0) is 12.1 Å². The first-order valence-electron chi connectivity index (χ1n) is 7.83. The van der Waals surface area contributed by atoms with Crippen LogP contribution in [-0.4, -0.2) is 10.1 Å². The van der Waals surface area contributed by atoms with E-state index in [1.54, 1.807) is 0 Å². The van der Waals surface area contributed by atoms with Gasteiger partial charge in [0.2, 0.25) is 0 Å². The van der Waals surface area contributed by atoms with Crippen LogP contribution in [0.5, 0.6) is 5.75 Å². The lowest BCUT2D eigenvalue weighted by atomic mass is 9.77. The molecule has 0 bridgehead atoms. The van der Waals surface area contributed by atoms with Gasteiger partial charge in [-0.1, -0.05) is 31.1 Å². The topological polar surface area (TPSA) is 74.2 Å². The Labute approximate surface area is 143 Å². The van der Waals surface area contributed by atoms with Gasteiger partial charge in [0.25, 0.3) is 5.89 Å². The molecule has 1 aliphatic rings. The molecule has 3 rings (SSSR count). The molecule has 1 fully saturated rings. The van der Waals surface area contributed by atoms with Crippen LogP contribution >= 0.6 is 12.4 Å². The van der Waals surface area contributed by atoms with Gasteiger partial charge >= 0.3 is 0 Å². The molecule has 1 aromatic carbocycles. The minimum absolute atomic E-state index is 0. The number of aryl methyl sites for hydroxylation is 1. The molecule has 2 N–H and O–H groups in total. The molecular weight excluding hydrogens is 314 g/mol. The van der Waals surface area contributed by atoms with E-state index < -0.39 is 5.54 Å². The molecule has 0 aliphatic heterocycles. The second-order valence-electron chi connectivity index (χ2n) is 6.51. The lowest BCUT2D eigenvalue weighted by Gasteiger charge is -2.34. The van der Waals surface area contributed by atoms with E-state index in [1.807, 2.05) is 6.07 Å². The first kappa shape index (κ1) is 17.8. The standard InChI is InChI=1S/C17H23N3O2.ClH/c1-11(2)13-6-5-12(3)9-14(13)21-10-15-19-16(20-22-15)17(18)7-4-8-17;/h5-6,9,11H,4,7-8,10,18H2,1-3H3;1H. The van der Waals surface area contributed by atoms with Gasteiger partial charge in [-0.05, 0) is 49.3 Å². The van der Waals surface area contributed by atoms with Crippen molar-refractivity contribution >= 4 is 12.4 Å². The molecule has 23 heavy (non-hydrogen) atoms. The third kappa shape index (κ3) is 3.67. The highest BCUT2D eigenvalue weighted by molar-refractivity contribution is 5.85. The predicted molar refractivity (Wildman–Crippen MR) is 90.9 cm³/mol. The van der Waals surface area contributed by atoms with Gasteiger partial charge in [0, 0.05) is 0 Å². The molecule has 5 nitrogen and oxygen atoms in total. The van der Waals surface area contributed by atoms with Crippen LogP contribution in [0.2, 0.25) is 0 Å². The number of halogens is 1. The summed E-state index contributed by atoms with van der Waals surface area (Å²) in [5.74, 6) is 2.35. The van der Waals surface area contributed by atoms with Crippen molar-refractivity contribution in [1.29, 1.82) is 0 Å². The van der Waals surface area contributed by atoms with Crippen LogP contribution in [0.4, 0.5) is 0 Å². The molecule has 0 unspecified atom stereocenters. The first-order valence-corrected chi connectivity index (χ1v) is 7.83. The maximum absolute atomic E-state index is 6.20. The summed E-state index contributed by atoms with van der Waals surface area (Å²) in [5.41, 5.74) is 8.16. The molecule has 1 saturated carbocycles. The zero-order chi connectivity index (χ0) is 15.7. The second-order valence-corrected chi connectivity index (χ2v) is 6.51. The number of hydrogen-bond donors (Lipinski definition) is 1. The zero-order valence-corrected chi connectivity index (χ0v) is 14.7. The van der Waals surface area contributed by atoms with Gasteiger partial charge in [0.1, 0.15) is 5.75 Å². The quantitative estimate of drug-likeness (QED) is 0.897. The molecular formula is C17H24ClN3O2. The van der Waals surface area contributed by atoms with Crippen molar-refractivity contribution in [2.24, 2.45) is 5.73 Å². The van der Waals surface area contributed by atoms with E-state index in [-0.39, 0.29) is 19.0 Å². The first-order chi connectivity index (χ1) is 10.5. The van der Waals surface area contributed by atoms with Gasteiger partial charge in [-0.15, -0.1) is 12.4 Å². The van der Waals surface area contributed by atoms with E-state index >= 15 is 0 Å². The number of benzene rings is 1. The third-order valence-electron chi connectivity index (χ3n) is 4.30. The third-order valence-corrected chi connectivity index (χ3v) is 4.30. The average Bonchev–Trinajstić information content (AvgIpc) is 2.91. The number of ether oxygens (including phenoxy) is 1. The summed E-state index contributed by atoms with van der Waals surface area (Å²) in [6.45, 7) is 6.62. The molecule has 126 valence electrons. The number of aromatic nitrogens is 2. The lowest BCUT2D eigenvalue weighted by molar-refractivity contribution is 0.222. The van der Waals surface area contributed by atoms with Crippen molar-refractivity contribution in [2.75, 3.05) is 0 Å². The molecule has 0 saturated heterocycles. The fourth-order valence-corrected chi connectivity index (χ4v) is 2.68. The number of hydrogen-bond acceptors (Lipinski definition) is 5. The molecule has 6 heteroatoms. The second kappa shape index (κ2) is 6.89. The molecule has 0 radical (unpaired) electrons. The minimum Gasteiger partial charge on any atom is -0.483 e. The molecule has 0 spiro atoms. The monoisotopic (exact) mass is 337 g/mol. The summed E-state index contributed by atoms with van der Waals surface area (Å²) < 4.78 is 11.2. The molecule has 2 aromatic rings. The summed E-state index contributed by atoms with van der Waals surface area (Å²) in [7, 11) is 0. The summed E-state index contributed by atoms with van der Waals surface area (Å²) in [6, 6.07) is 6.25. The number of nitrogens with two attached hydrogens (primary N) is 1. The zero-order valence-electron chi connectivity index (χ0n) is 13.8. The van der Waals surface area contributed by atoms with Crippen molar-refractivity contribution in [1.82, 2.24) is 10.1 Å². The van der Waals surface area contributed by atoms with E-state index in [0.29, 0.717) is 17.6 Å². The van der Waals surface area contributed by atoms with Crippen molar-refractivity contribution in [2.45, 2.75) is 58.1 Å². The summed E-state index contributed by atoms with van der Waals surface area (Å²) >= 11 is 0. The van der Waals surface area contributed by atoms with E-state index in [4.69, 9.17) is 15.0 Å². The van der Waals surface area contributed by atoms with E-state index in [9.17, 15) is 0 Å². The Balaban J connectivity index is 0.00000192. The summed E-state index contributed by atoms with van der Waals surface area (Å²) in [5, 5.41) is 4.01. The Hall–Kier alpha value is -1.59. The Morgan fingerprint density at radius 1 is 1.35 bits per heavy atom. The van der Waals surface area contributed by atoms with E-state index in [2.05, 4.69) is 43.0 Å². The van der Waals surface area contributed by atoms with Gasteiger partial charge in [-0.2, -0.15) is 4.98 Å². The number of rotatable bonds is 5. The van der Waals surface area contributed by atoms with Crippen LogP contribution < -0.4 is 10.5 Å². The maximum atomic E-state index is 6.20. The highest BCUT2D eigenvalue weighted by atomic mass is 35.5. The van der Waals surface area contributed by atoms with Gasteiger partial charge in [0.15, 0.2) is 12.4 Å². The fraction of sp³-hybridized carbons (Fsp3) is 0.529. The average molecular weight is 338 g/mol. The smallest absolute Gasteiger partial charge is 0.264 e. The van der Waals surface area contributed by atoms with Gasteiger partial charge < -0.3 is 15.0 Å². The molecule has 1 aliphatic carbocycles. The highest BCUT2D eigenvalue weighted by Gasteiger charge is 2.39. The largest absolute Gasteiger partial charge is 0.483 e. The summed E-state index contributed by atoms with van der Waals surface area (Å²) in [6.07, 6.45) is 2.96. The van der Waals surface area contributed by atoms with Crippen LogP contribution in [0.3, 0.4) is 0 Å².